The summed E-state index contributed by atoms with van der Waals surface area (Å²) in [5.74, 6) is -0.0266. The molecule has 9 nitrogen and oxygen atoms in total. The Morgan fingerprint density at radius 3 is 2.75 bits per heavy atom. The molecule has 0 unspecified atom stereocenters. The molecule has 2 aromatic carbocycles. The minimum Gasteiger partial charge on any atom is -0.495 e. The van der Waals surface area contributed by atoms with Crippen molar-refractivity contribution in [2.45, 2.75) is 6.92 Å². The number of furan rings is 1. The van der Waals surface area contributed by atoms with Gasteiger partial charge in [-0.1, -0.05) is 18.2 Å². The van der Waals surface area contributed by atoms with Gasteiger partial charge in [-0.3, -0.25) is 9.20 Å². The van der Waals surface area contributed by atoms with Crippen LogP contribution in [-0.2, 0) is 9.53 Å². The van der Waals surface area contributed by atoms with Crippen LogP contribution in [0, 0.1) is 6.92 Å². The summed E-state index contributed by atoms with van der Waals surface area (Å²) in [6, 6.07) is 14.4. The number of hydrogen-bond donors (Lipinski definition) is 1. The van der Waals surface area contributed by atoms with Gasteiger partial charge in [-0.05, 0) is 31.2 Å². The number of amides is 1. The van der Waals surface area contributed by atoms with Crippen molar-refractivity contribution in [1.82, 2.24) is 14.6 Å². The van der Waals surface area contributed by atoms with Crippen molar-refractivity contribution in [2.75, 3.05) is 19.0 Å². The molecule has 160 valence electrons. The Kier molecular flexibility index (Phi) is 4.70. The predicted molar refractivity (Wildman–Crippen MR) is 117 cm³/mol. The number of methoxy groups -OCH3 is 1. The fourth-order valence-electron chi connectivity index (χ4n) is 3.54. The third kappa shape index (κ3) is 3.39. The molecule has 0 atom stereocenters. The van der Waals surface area contributed by atoms with Gasteiger partial charge in [0.1, 0.15) is 22.7 Å². The van der Waals surface area contributed by atoms with Gasteiger partial charge >= 0.3 is 5.97 Å². The molecule has 1 N–H and O–H groups in total. The van der Waals surface area contributed by atoms with E-state index in [-0.39, 0.29) is 5.56 Å². The van der Waals surface area contributed by atoms with Gasteiger partial charge in [0.15, 0.2) is 12.3 Å². The summed E-state index contributed by atoms with van der Waals surface area (Å²) in [6.45, 7) is 1.31. The van der Waals surface area contributed by atoms with Gasteiger partial charge in [-0.25, -0.2) is 4.79 Å². The van der Waals surface area contributed by atoms with Crippen LogP contribution in [-0.4, -0.2) is 40.2 Å². The highest BCUT2D eigenvalue weighted by atomic mass is 16.5. The highest BCUT2D eigenvalue weighted by Crippen LogP contribution is 2.36. The van der Waals surface area contributed by atoms with Crippen LogP contribution in [0.5, 0.6) is 5.75 Å². The maximum Gasteiger partial charge on any atom is 0.340 e. The molecule has 3 aromatic heterocycles. The van der Waals surface area contributed by atoms with Crippen LogP contribution >= 0.6 is 0 Å². The van der Waals surface area contributed by atoms with Gasteiger partial charge in [-0.15, -0.1) is 10.2 Å². The lowest BCUT2D eigenvalue weighted by molar-refractivity contribution is -0.119. The molecule has 0 aliphatic carbocycles. The number of pyridine rings is 1. The van der Waals surface area contributed by atoms with E-state index in [0.717, 1.165) is 16.4 Å². The largest absolute Gasteiger partial charge is 0.495 e. The van der Waals surface area contributed by atoms with E-state index in [0.29, 0.717) is 28.5 Å². The molecule has 0 saturated heterocycles. The van der Waals surface area contributed by atoms with Crippen molar-refractivity contribution in [3.63, 3.8) is 0 Å². The minimum atomic E-state index is -0.630. The van der Waals surface area contributed by atoms with E-state index < -0.39 is 18.5 Å². The number of carbonyl (C=O) groups excluding carboxylic acids is 2. The zero-order valence-electron chi connectivity index (χ0n) is 17.3. The molecule has 5 aromatic rings. The Bertz CT molecular complexity index is 1500. The lowest BCUT2D eigenvalue weighted by Gasteiger charge is -2.11. The first-order chi connectivity index (χ1) is 15.5. The number of carbonyl (C=O) groups is 2. The zero-order chi connectivity index (χ0) is 22.2. The number of esters is 1. The second kappa shape index (κ2) is 7.69. The molecule has 1 amide bonds. The number of benzene rings is 2. The molecule has 32 heavy (non-hydrogen) atoms. The summed E-state index contributed by atoms with van der Waals surface area (Å²) in [6.07, 6.45) is 1.57. The summed E-state index contributed by atoms with van der Waals surface area (Å²) in [5.41, 5.74) is 2.67. The van der Waals surface area contributed by atoms with Crippen LogP contribution < -0.4 is 10.1 Å². The van der Waals surface area contributed by atoms with Crippen molar-refractivity contribution in [1.29, 1.82) is 0 Å². The van der Waals surface area contributed by atoms with E-state index in [4.69, 9.17) is 13.9 Å². The number of aromatic nitrogens is 3. The number of hydrogen-bond acceptors (Lipinski definition) is 7. The fourth-order valence-corrected chi connectivity index (χ4v) is 3.54. The number of ether oxygens (including phenoxy) is 2. The Hall–Kier alpha value is -4.40. The normalized spacial score (nSPS) is 11.2. The first kappa shape index (κ1) is 19.6. The molecule has 3 heterocycles. The quantitative estimate of drug-likeness (QED) is 0.423. The summed E-state index contributed by atoms with van der Waals surface area (Å²) in [4.78, 5) is 24.8. The van der Waals surface area contributed by atoms with Crippen molar-refractivity contribution < 1.29 is 23.5 Å². The molecule has 0 aliphatic rings. The van der Waals surface area contributed by atoms with E-state index in [1.54, 1.807) is 41.8 Å². The second-order valence-electron chi connectivity index (χ2n) is 7.16. The summed E-state index contributed by atoms with van der Waals surface area (Å²) in [7, 11) is 1.52. The van der Waals surface area contributed by atoms with Crippen LogP contribution in [0.3, 0.4) is 0 Å². The van der Waals surface area contributed by atoms with Crippen LogP contribution in [0.25, 0.3) is 27.6 Å². The highest BCUT2D eigenvalue weighted by molar-refractivity contribution is 6.08. The number of para-hydroxylation sites is 1. The third-order valence-corrected chi connectivity index (χ3v) is 5.12. The third-order valence-electron chi connectivity index (χ3n) is 5.12. The molecule has 0 fully saturated rings. The van der Waals surface area contributed by atoms with Gasteiger partial charge in [-0.2, -0.15) is 0 Å². The van der Waals surface area contributed by atoms with Gasteiger partial charge in [0.2, 0.25) is 0 Å². The first-order valence-electron chi connectivity index (χ1n) is 9.81. The molecule has 5 rings (SSSR count). The molecule has 0 saturated carbocycles. The van der Waals surface area contributed by atoms with Crippen molar-refractivity contribution in [2.24, 2.45) is 0 Å². The lowest BCUT2D eigenvalue weighted by atomic mass is 10.1. The zero-order valence-corrected chi connectivity index (χ0v) is 17.3. The Morgan fingerprint density at radius 1 is 1.06 bits per heavy atom. The average molecular weight is 430 g/mol. The number of aryl methyl sites for hydroxylation is 1. The molecular formula is C23H18N4O5. The SMILES string of the molecule is COc1cc2c(cc1NC(=O)COC(=O)c1ccc3nnc(C)n3c1)oc1ccccc12. The average Bonchev–Trinajstić information content (AvgIpc) is 3.36. The van der Waals surface area contributed by atoms with E-state index in [1.165, 1.54) is 7.11 Å². The maximum atomic E-state index is 12.5. The van der Waals surface area contributed by atoms with E-state index in [2.05, 4.69) is 15.5 Å². The Morgan fingerprint density at radius 2 is 1.91 bits per heavy atom. The second-order valence-corrected chi connectivity index (χ2v) is 7.16. The lowest BCUT2D eigenvalue weighted by Crippen LogP contribution is -2.21. The van der Waals surface area contributed by atoms with E-state index >= 15 is 0 Å². The topological polar surface area (TPSA) is 108 Å². The Balaban J connectivity index is 1.32. The van der Waals surface area contributed by atoms with Crippen LogP contribution in [0.4, 0.5) is 5.69 Å². The monoisotopic (exact) mass is 430 g/mol. The summed E-state index contributed by atoms with van der Waals surface area (Å²) >= 11 is 0. The summed E-state index contributed by atoms with van der Waals surface area (Å²) in [5, 5.41) is 12.5. The maximum absolute atomic E-state index is 12.5. The van der Waals surface area contributed by atoms with Gasteiger partial charge in [0.05, 0.1) is 18.4 Å². The molecule has 0 bridgehead atoms. The minimum absolute atomic E-state index is 0.287. The smallest absolute Gasteiger partial charge is 0.340 e. The standard InChI is InChI=1S/C23H18N4O5/c1-13-25-26-21-8-7-14(11-27(13)21)23(29)31-12-22(28)24-17-10-19-16(9-20(17)30-2)15-5-3-4-6-18(15)32-19/h3-11H,12H2,1-2H3,(H,24,28). The first-order valence-corrected chi connectivity index (χ1v) is 9.81. The Labute approximate surface area is 181 Å². The summed E-state index contributed by atoms with van der Waals surface area (Å²) < 4.78 is 18.1. The molecular weight excluding hydrogens is 412 g/mol. The van der Waals surface area contributed by atoms with Crippen LogP contribution in [0.15, 0.2) is 59.1 Å². The van der Waals surface area contributed by atoms with E-state index in [9.17, 15) is 9.59 Å². The van der Waals surface area contributed by atoms with Crippen LogP contribution in [0.1, 0.15) is 16.2 Å². The van der Waals surface area contributed by atoms with Crippen molar-refractivity contribution >= 4 is 45.1 Å². The number of anilines is 1. The number of nitrogens with zero attached hydrogens (tertiary/aromatic N) is 3. The molecule has 9 heteroatoms. The predicted octanol–water partition coefficient (Wildman–Crippen LogP) is 3.74. The van der Waals surface area contributed by atoms with Crippen molar-refractivity contribution in [3.05, 3.63) is 66.1 Å². The highest BCUT2D eigenvalue weighted by Gasteiger charge is 2.16. The van der Waals surface area contributed by atoms with Gasteiger partial charge in [0, 0.05) is 23.0 Å². The molecule has 0 aliphatic heterocycles. The van der Waals surface area contributed by atoms with Crippen molar-refractivity contribution in [3.8, 4) is 5.75 Å². The van der Waals surface area contributed by atoms with Crippen LogP contribution in [0.2, 0.25) is 0 Å². The van der Waals surface area contributed by atoms with Gasteiger partial charge in [0.25, 0.3) is 5.91 Å². The molecule has 0 radical (unpaired) electrons. The number of rotatable bonds is 5. The number of nitrogens with one attached hydrogen (secondary N) is 1. The fraction of sp³-hybridized carbons (Fsp3) is 0.130. The number of fused-ring (bicyclic) bond motifs is 4. The van der Waals surface area contributed by atoms with Gasteiger partial charge < -0.3 is 19.2 Å². The molecule has 0 spiro atoms. The van der Waals surface area contributed by atoms with E-state index in [1.807, 2.05) is 24.3 Å².